The molecule has 1 N–H and O–H groups in total. The first-order chi connectivity index (χ1) is 21.9. The highest BCUT2D eigenvalue weighted by Crippen LogP contribution is 2.29. The number of sulfonamides is 1. The third-order valence-electron chi connectivity index (χ3n) is 8.08. The Bertz CT molecular complexity index is 1740. The number of carbonyl (C=O) groups excluding carboxylic acids is 2. The molecule has 0 unspecified atom stereocenters. The van der Waals surface area contributed by atoms with Crippen molar-refractivity contribution < 1.29 is 18.0 Å². The molecule has 2 atom stereocenters. The molecule has 4 aromatic rings. The van der Waals surface area contributed by atoms with E-state index < -0.39 is 28.5 Å². The molecule has 0 aliphatic heterocycles. The summed E-state index contributed by atoms with van der Waals surface area (Å²) in [6, 6.07) is 27.6. The summed E-state index contributed by atoms with van der Waals surface area (Å²) < 4.78 is 29.5. The number of halogens is 1. The quantitative estimate of drug-likeness (QED) is 0.167. The molecule has 0 aliphatic carbocycles. The van der Waals surface area contributed by atoms with Crippen molar-refractivity contribution in [3.05, 3.63) is 130 Å². The van der Waals surface area contributed by atoms with Crippen LogP contribution in [0.15, 0.2) is 102 Å². The number of nitrogens with one attached hydrogen (secondary N) is 1. The van der Waals surface area contributed by atoms with Gasteiger partial charge in [0.05, 0.1) is 10.6 Å². The molecule has 0 bridgehead atoms. The highest BCUT2D eigenvalue weighted by atomic mass is 35.5. The molecule has 9 heteroatoms. The van der Waals surface area contributed by atoms with Crippen molar-refractivity contribution in [3.8, 4) is 0 Å². The van der Waals surface area contributed by atoms with E-state index in [2.05, 4.69) is 5.32 Å². The number of nitrogens with zero attached hydrogens (tertiary/aromatic N) is 2. The average molecular weight is 660 g/mol. The zero-order valence-corrected chi connectivity index (χ0v) is 28.6. The number of benzene rings is 4. The Labute approximate surface area is 278 Å². The molecule has 0 radical (unpaired) electrons. The minimum Gasteiger partial charge on any atom is -0.352 e. The Kier molecular flexibility index (Phi) is 11.7. The van der Waals surface area contributed by atoms with Gasteiger partial charge < -0.3 is 10.2 Å². The third-order valence-corrected chi connectivity index (χ3v) is 10.3. The number of hydrogen-bond donors (Lipinski definition) is 1. The van der Waals surface area contributed by atoms with Gasteiger partial charge in [0.2, 0.25) is 11.8 Å². The predicted octanol–water partition coefficient (Wildman–Crippen LogP) is 7.02. The van der Waals surface area contributed by atoms with E-state index in [-0.39, 0.29) is 35.5 Å². The summed E-state index contributed by atoms with van der Waals surface area (Å²) in [5.74, 6) is -0.821. The fourth-order valence-electron chi connectivity index (χ4n) is 4.99. The minimum absolute atomic E-state index is 0.0445. The first-order valence-corrected chi connectivity index (χ1v) is 17.3. The fourth-order valence-corrected chi connectivity index (χ4v) is 6.57. The van der Waals surface area contributed by atoms with E-state index in [4.69, 9.17) is 11.6 Å². The summed E-state index contributed by atoms with van der Waals surface area (Å²) in [4.78, 5) is 30.1. The van der Waals surface area contributed by atoms with E-state index in [9.17, 15) is 18.0 Å². The second-order valence-electron chi connectivity index (χ2n) is 11.8. The number of hydrogen-bond acceptors (Lipinski definition) is 4. The normalized spacial score (nSPS) is 12.7. The van der Waals surface area contributed by atoms with Crippen LogP contribution in [0.5, 0.6) is 0 Å². The zero-order chi connectivity index (χ0) is 33.4. The van der Waals surface area contributed by atoms with Crippen LogP contribution < -0.4 is 9.62 Å². The first-order valence-electron chi connectivity index (χ1n) is 15.4. The lowest BCUT2D eigenvalue weighted by Gasteiger charge is -2.34. The third kappa shape index (κ3) is 8.77. The summed E-state index contributed by atoms with van der Waals surface area (Å²) in [5.41, 5.74) is 4.69. The highest BCUT2D eigenvalue weighted by Gasteiger charge is 2.35. The van der Waals surface area contributed by atoms with E-state index in [0.29, 0.717) is 11.4 Å². The van der Waals surface area contributed by atoms with Gasteiger partial charge in [-0.3, -0.25) is 13.9 Å². The lowest BCUT2D eigenvalue weighted by molar-refractivity contribution is -0.140. The maximum Gasteiger partial charge on any atom is 0.264 e. The molecule has 0 aliphatic rings. The highest BCUT2D eigenvalue weighted by molar-refractivity contribution is 7.92. The van der Waals surface area contributed by atoms with Crippen LogP contribution in [0, 0.1) is 20.8 Å². The maximum absolute atomic E-state index is 14.6. The van der Waals surface area contributed by atoms with Crippen LogP contribution in [-0.2, 0) is 32.6 Å². The van der Waals surface area contributed by atoms with Crippen LogP contribution >= 0.6 is 11.6 Å². The van der Waals surface area contributed by atoms with Crippen molar-refractivity contribution in [3.63, 3.8) is 0 Å². The van der Waals surface area contributed by atoms with E-state index in [0.717, 1.165) is 32.1 Å². The molecule has 0 aromatic heterocycles. The Morgan fingerprint density at radius 1 is 0.826 bits per heavy atom. The van der Waals surface area contributed by atoms with Crippen LogP contribution in [0.2, 0.25) is 5.02 Å². The molecular weight excluding hydrogens is 618 g/mol. The van der Waals surface area contributed by atoms with Crippen molar-refractivity contribution >= 4 is 39.1 Å². The number of anilines is 1. The maximum atomic E-state index is 14.6. The summed E-state index contributed by atoms with van der Waals surface area (Å²) in [7, 11) is -4.21. The van der Waals surface area contributed by atoms with E-state index in [1.165, 1.54) is 17.0 Å². The molecule has 4 rings (SSSR count). The summed E-state index contributed by atoms with van der Waals surface area (Å²) in [5, 5.41) is 3.43. The summed E-state index contributed by atoms with van der Waals surface area (Å²) in [6.45, 7) is 9.14. The van der Waals surface area contributed by atoms with Gasteiger partial charge in [0.25, 0.3) is 10.0 Å². The molecule has 4 aromatic carbocycles. The molecule has 0 heterocycles. The molecule has 46 heavy (non-hydrogen) atoms. The van der Waals surface area contributed by atoms with Gasteiger partial charge in [0.15, 0.2) is 0 Å². The summed E-state index contributed by atoms with van der Waals surface area (Å²) in [6.07, 6.45) is 0.967. The minimum atomic E-state index is -4.21. The molecule has 0 spiro atoms. The van der Waals surface area contributed by atoms with Gasteiger partial charge in [-0.15, -0.1) is 0 Å². The van der Waals surface area contributed by atoms with Crippen molar-refractivity contribution in [2.75, 3.05) is 10.8 Å². The van der Waals surface area contributed by atoms with Crippen LogP contribution in [0.1, 0.15) is 48.1 Å². The number of amides is 2. The Balaban J connectivity index is 1.82. The van der Waals surface area contributed by atoms with Crippen LogP contribution in [0.25, 0.3) is 0 Å². The number of carbonyl (C=O) groups is 2. The zero-order valence-electron chi connectivity index (χ0n) is 27.0. The van der Waals surface area contributed by atoms with E-state index in [1.807, 2.05) is 89.2 Å². The molecule has 242 valence electrons. The van der Waals surface area contributed by atoms with Crippen molar-refractivity contribution in [2.45, 2.75) is 71.0 Å². The molecule has 2 amide bonds. The molecule has 0 saturated heterocycles. The van der Waals surface area contributed by atoms with Gasteiger partial charge in [0.1, 0.15) is 12.6 Å². The van der Waals surface area contributed by atoms with Crippen molar-refractivity contribution in [2.24, 2.45) is 0 Å². The molecule has 0 fully saturated rings. The fraction of sp³-hybridized carbons (Fsp3) is 0.297. The smallest absolute Gasteiger partial charge is 0.264 e. The van der Waals surface area contributed by atoms with Gasteiger partial charge in [-0.2, -0.15) is 0 Å². The standard InChI is InChI=1S/C37H42ClN3O4S/c1-6-29(5)39-37(43)35(22-30-10-8-7-9-11-30)40(24-31-17-12-26(2)13-18-31)36(42)25-41(32-19-16-28(4)34(38)23-32)46(44,45)33-20-14-27(3)15-21-33/h7-21,23,29,35H,6,22,24-25H2,1-5H3,(H,39,43)/t29-,35-/m1/s1. The van der Waals surface area contributed by atoms with Crippen LogP contribution in [-0.4, -0.2) is 43.8 Å². The van der Waals surface area contributed by atoms with Crippen molar-refractivity contribution in [1.82, 2.24) is 10.2 Å². The first kappa shape index (κ1) is 34.7. The molecule has 0 saturated carbocycles. The predicted molar refractivity (Wildman–Crippen MR) is 185 cm³/mol. The van der Waals surface area contributed by atoms with E-state index >= 15 is 0 Å². The second-order valence-corrected chi connectivity index (χ2v) is 14.1. The van der Waals surface area contributed by atoms with Gasteiger partial charge in [-0.1, -0.05) is 102 Å². The Morgan fingerprint density at radius 3 is 2.02 bits per heavy atom. The number of aryl methyl sites for hydroxylation is 3. The van der Waals surface area contributed by atoms with Gasteiger partial charge >= 0.3 is 0 Å². The molecule has 7 nitrogen and oxygen atoms in total. The number of rotatable bonds is 13. The average Bonchev–Trinajstić information content (AvgIpc) is 3.04. The van der Waals surface area contributed by atoms with Gasteiger partial charge in [-0.25, -0.2) is 8.42 Å². The SMILES string of the molecule is CC[C@@H](C)NC(=O)[C@@H](Cc1ccccc1)N(Cc1ccc(C)cc1)C(=O)CN(c1ccc(C)c(Cl)c1)S(=O)(=O)c1ccc(C)cc1. The van der Waals surface area contributed by atoms with Gasteiger partial charge in [0, 0.05) is 24.0 Å². The second kappa shape index (κ2) is 15.4. The Morgan fingerprint density at radius 2 is 1.43 bits per heavy atom. The Hall–Kier alpha value is -4.14. The van der Waals surface area contributed by atoms with E-state index in [1.54, 1.807) is 30.3 Å². The lowest BCUT2D eigenvalue weighted by atomic mass is 10.0. The van der Waals surface area contributed by atoms with Crippen molar-refractivity contribution in [1.29, 1.82) is 0 Å². The lowest BCUT2D eigenvalue weighted by Crippen LogP contribution is -2.54. The largest absolute Gasteiger partial charge is 0.352 e. The van der Waals surface area contributed by atoms with Crippen LogP contribution in [0.4, 0.5) is 5.69 Å². The van der Waals surface area contributed by atoms with Crippen LogP contribution in [0.3, 0.4) is 0 Å². The molecular formula is C37H42ClN3O4S. The monoisotopic (exact) mass is 659 g/mol. The topological polar surface area (TPSA) is 86.8 Å². The summed E-state index contributed by atoms with van der Waals surface area (Å²) >= 11 is 6.47. The van der Waals surface area contributed by atoms with Gasteiger partial charge in [-0.05, 0) is 75.1 Å².